The van der Waals surface area contributed by atoms with Gasteiger partial charge in [-0.2, -0.15) is 0 Å². The minimum absolute atomic E-state index is 0.181. The van der Waals surface area contributed by atoms with Crippen molar-refractivity contribution in [1.82, 2.24) is 4.31 Å². The number of rotatable bonds is 4. The molecule has 0 N–H and O–H groups in total. The Morgan fingerprint density at radius 2 is 1.52 bits per heavy atom. The average molecular weight is 440 g/mol. The van der Waals surface area contributed by atoms with Crippen molar-refractivity contribution < 1.29 is 8.42 Å². The summed E-state index contributed by atoms with van der Waals surface area (Å²) in [5.41, 5.74) is 2.62. The highest BCUT2D eigenvalue weighted by Gasteiger charge is 2.22. The highest BCUT2D eigenvalue weighted by Crippen LogP contribution is 2.19. The molecule has 3 aromatic rings. The molecule has 0 bridgehead atoms. The largest absolute Gasteiger partial charge is 0.271 e. The number of sulfonamides is 1. The van der Waals surface area contributed by atoms with Crippen molar-refractivity contribution in [3.05, 3.63) is 100 Å². The lowest BCUT2D eigenvalue weighted by molar-refractivity contribution is 0.508. The van der Waals surface area contributed by atoms with Gasteiger partial charge in [0, 0.05) is 16.1 Å². The van der Waals surface area contributed by atoms with Crippen molar-refractivity contribution in [2.75, 3.05) is 0 Å². The molecule has 3 nitrogen and oxygen atoms in total. The van der Waals surface area contributed by atoms with Crippen LogP contribution in [0.25, 0.3) is 0 Å². The Kier molecular flexibility index (Phi) is 6.00. The van der Waals surface area contributed by atoms with E-state index in [4.69, 9.17) is 0 Å². The van der Waals surface area contributed by atoms with Crippen LogP contribution in [0.15, 0.2) is 88.2 Å². The monoisotopic (exact) mass is 439 g/mol. The molecule has 0 aliphatic carbocycles. The third-order valence-corrected chi connectivity index (χ3v) is 6.14. The maximum atomic E-state index is 13.1. The molecule has 0 saturated heterocycles. The first-order valence-corrected chi connectivity index (χ1v) is 10.6. The third kappa shape index (κ3) is 5.00. The smallest absolute Gasteiger partial charge is 0.220 e. The van der Waals surface area contributed by atoms with E-state index in [1.807, 2.05) is 61.5 Å². The van der Waals surface area contributed by atoms with E-state index in [1.165, 1.54) is 4.31 Å². The van der Waals surface area contributed by atoms with E-state index in [0.29, 0.717) is 0 Å². The maximum Gasteiger partial charge on any atom is 0.271 e. The number of halogens is 1. The second-order valence-electron chi connectivity index (χ2n) is 6.05. The van der Waals surface area contributed by atoms with E-state index in [2.05, 4.69) is 27.9 Å². The molecule has 136 valence electrons. The highest BCUT2D eigenvalue weighted by atomic mass is 79.9. The summed E-state index contributed by atoms with van der Waals surface area (Å²) in [7, 11) is -3.74. The zero-order valence-corrected chi connectivity index (χ0v) is 17.2. The number of hydrogen-bond acceptors (Lipinski definition) is 2. The second-order valence-corrected chi connectivity index (χ2v) is 8.83. The van der Waals surface area contributed by atoms with E-state index in [0.717, 1.165) is 21.2 Å². The lowest BCUT2D eigenvalue weighted by Gasteiger charge is -2.18. The Balaban J connectivity index is 1.99. The van der Waals surface area contributed by atoms with Crippen LogP contribution >= 0.6 is 15.9 Å². The number of benzene rings is 3. The van der Waals surface area contributed by atoms with Gasteiger partial charge >= 0.3 is 0 Å². The summed E-state index contributed by atoms with van der Waals surface area (Å²) in [5, 5.41) is 0. The molecule has 0 radical (unpaired) electrons. The topological polar surface area (TPSA) is 37.4 Å². The molecule has 27 heavy (non-hydrogen) atoms. The van der Waals surface area contributed by atoms with Gasteiger partial charge < -0.3 is 0 Å². The van der Waals surface area contributed by atoms with Gasteiger partial charge in [-0.15, -0.1) is 0 Å². The van der Waals surface area contributed by atoms with Gasteiger partial charge in [0.2, 0.25) is 0 Å². The van der Waals surface area contributed by atoms with Crippen molar-refractivity contribution in [2.45, 2.75) is 18.4 Å². The first-order valence-electron chi connectivity index (χ1n) is 8.36. The molecule has 0 aliphatic rings. The predicted octanol–water partition coefficient (Wildman–Crippen LogP) is 4.96. The van der Waals surface area contributed by atoms with Crippen molar-refractivity contribution in [3.8, 4) is 12.0 Å². The molecule has 0 atom stereocenters. The molecule has 0 saturated carbocycles. The molecule has 0 heterocycles. The molecule has 0 aliphatic heterocycles. The first kappa shape index (κ1) is 19.2. The fraction of sp³-hybridized carbons (Fsp3) is 0.0909. The van der Waals surface area contributed by atoms with E-state index in [-0.39, 0.29) is 11.4 Å². The standard InChI is InChI=1S/C22H18BrNO2S/c1-18-7-13-22(14-8-18)27(25,26)24(17-20-5-3-2-4-6-20)16-15-19-9-11-21(23)12-10-19/h2-14H,17H2,1H3. The normalized spacial score (nSPS) is 10.7. The summed E-state index contributed by atoms with van der Waals surface area (Å²) in [6.07, 6.45) is 0. The van der Waals surface area contributed by atoms with Crippen LogP contribution in [0.2, 0.25) is 0 Å². The van der Waals surface area contributed by atoms with Gasteiger partial charge in [0.25, 0.3) is 10.0 Å². The SMILES string of the molecule is Cc1ccc(S(=O)(=O)N(C#Cc2ccc(Br)cc2)Cc2ccccc2)cc1. The summed E-state index contributed by atoms with van der Waals surface area (Å²) in [5.74, 6) is 2.96. The number of aryl methyl sites for hydroxylation is 1. The van der Waals surface area contributed by atoms with E-state index in [9.17, 15) is 8.42 Å². The summed E-state index contributed by atoms with van der Waals surface area (Å²) in [6, 6.07) is 26.5. The molecule has 0 unspecified atom stereocenters. The van der Waals surface area contributed by atoms with E-state index in [1.54, 1.807) is 24.3 Å². The molecule has 3 rings (SSSR count). The van der Waals surface area contributed by atoms with Gasteiger partial charge in [0.05, 0.1) is 11.4 Å². The summed E-state index contributed by atoms with van der Waals surface area (Å²) in [6.45, 7) is 2.10. The molecule has 0 spiro atoms. The number of hydrogen-bond donors (Lipinski definition) is 0. The van der Waals surface area contributed by atoms with Crippen LogP contribution in [0.4, 0.5) is 0 Å². The lowest BCUT2D eigenvalue weighted by atomic mass is 10.2. The Bertz CT molecular complexity index is 1070. The zero-order valence-electron chi connectivity index (χ0n) is 14.8. The molecular formula is C22H18BrNO2S. The quantitative estimate of drug-likeness (QED) is 0.425. The molecule has 3 aromatic carbocycles. The molecular weight excluding hydrogens is 422 g/mol. The maximum absolute atomic E-state index is 13.1. The van der Waals surface area contributed by atoms with Gasteiger partial charge in [0.15, 0.2) is 0 Å². The van der Waals surface area contributed by atoms with Crippen LogP contribution in [-0.2, 0) is 16.6 Å². The van der Waals surface area contributed by atoms with Crippen LogP contribution in [0, 0.1) is 18.9 Å². The Labute approximate surface area is 168 Å². The van der Waals surface area contributed by atoms with Crippen molar-refractivity contribution in [3.63, 3.8) is 0 Å². The van der Waals surface area contributed by atoms with Crippen LogP contribution in [0.3, 0.4) is 0 Å². The minimum atomic E-state index is -3.74. The average Bonchev–Trinajstić information content (AvgIpc) is 2.67. The van der Waals surface area contributed by atoms with Gasteiger partial charge in [0.1, 0.15) is 0 Å². The van der Waals surface area contributed by atoms with Gasteiger partial charge in [-0.05, 0) is 54.8 Å². The Morgan fingerprint density at radius 3 is 2.15 bits per heavy atom. The predicted molar refractivity (Wildman–Crippen MR) is 111 cm³/mol. The first-order chi connectivity index (χ1) is 12.9. The van der Waals surface area contributed by atoms with Crippen LogP contribution < -0.4 is 0 Å². The van der Waals surface area contributed by atoms with Gasteiger partial charge in [-0.1, -0.05) is 64.0 Å². The molecule has 0 amide bonds. The second kappa shape index (κ2) is 8.43. The third-order valence-electron chi connectivity index (χ3n) is 3.95. The minimum Gasteiger partial charge on any atom is -0.220 e. The van der Waals surface area contributed by atoms with Gasteiger partial charge in [-0.3, -0.25) is 0 Å². The summed E-state index contributed by atoms with van der Waals surface area (Å²) >= 11 is 3.38. The molecule has 0 aromatic heterocycles. The van der Waals surface area contributed by atoms with E-state index >= 15 is 0 Å². The lowest BCUT2D eigenvalue weighted by Crippen LogP contribution is -2.26. The Morgan fingerprint density at radius 1 is 0.889 bits per heavy atom. The van der Waals surface area contributed by atoms with Crippen LogP contribution in [0.5, 0.6) is 0 Å². The van der Waals surface area contributed by atoms with Crippen molar-refractivity contribution in [2.24, 2.45) is 0 Å². The van der Waals surface area contributed by atoms with Crippen LogP contribution in [-0.4, -0.2) is 12.7 Å². The van der Waals surface area contributed by atoms with Crippen molar-refractivity contribution in [1.29, 1.82) is 0 Å². The van der Waals surface area contributed by atoms with Crippen LogP contribution in [0.1, 0.15) is 16.7 Å². The Hall–Kier alpha value is -2.55. The molecule has 5 heteroatoms. The summed E-state index contributed by atoms with van der Waals surface area (Å²) in [4.78, 5) is 0.231. The highest BCUT2D eigenvalue weighted by molar-refractivity contribution is 9.10. The zero-order chi connectivity index (χ0) is 19.3. The van der Waals surface area contributed by atoms with Crippen molar-refractivity contribution >= 4 is 26.0 Å². The molecule has 0 fully saturated rings. The van der Waals surface area contributed by atoms with E-state index < -0.39 is 10.0 Å². The fourth-order valence-corrected chi connectivity index (χ4v) is 3.92. The van der Waals surface area contributed by atoms with Gasteiger partial charge in [-0.25, -0.2) is 12.7 Å². The fourth-order valence-electron chi connectivity index (χ4n) is 2.43. The summed E-state index contributed by atoms with van der Waals surface area (Å²) < 4.78 is 28.4. The number of nitrogens with zero attached hydrogens (tertiary/aromatic N) is 1.